The number of β-amino-alcohol motifs (C(OH)–C–C–N with tert-alkyl or cyclic N) is 1. The molecular weight excluding hydrogens is 242 g/mol. The van der Waals surface area contributed by atoms with E-state index in [2.05, 4.69) is 26.4 Å². The average Bonchev–Trinajstić information content (AvgIpc) is 2.95. The molecule has 19 heavy (non-hydrogen) atoms. The fraction of sp³-hybridized carbons (Fsp3) is 0.385. The van der Waals surface area contributed by atoms with Gasteiger partial charge in [0.1, 0.15) is 11.8 Å². The van der Waals surface area contributed by atoms with Crippen LogP contribution in [0.1, 0.15) is 5.56 Å². The summed E-state index contributed by atoms with van der Waals surface area (Å²) in [7, 11) is 0. The summed E-state index contributed by atoms with van der Waals surface area (Å²) >= 11 is 0. The number of fused-ring (bicyclic) bond motifs is 1. The van der Waals surface area contributed by atoms with Crippen LogP contribution in [0.15, 0.2) is 25.2 Å². The van der Waals surface area contributed by atoms with Gasteiger partial charge < -0.3 is 15.8 Å². The Morgan fingerprint density at radius 1 is 1.53 bits per heavy atom. The van der Waals surface area contributed by atoms with Crippen molar-refractivity contribution in [3.05, 3.63) is 30.7 Å². The van der Waals surface area contributed by atoms with Crippen molar-refractivity contribution < 1.29 is 5.11 Å². The first-order valence-electron chi connectivity index (χ1n) is 6.28. The molecule has 0 radical (unpaired) electrons. The summed E-state index contributed by atoms with van der Waals surface area (Å²) in [5.74, 6) is 0.603. The van der Waals surface area contributed by atoms with E-state index in [4.69, 9.17) is 5.73 Å². The number of nitrogens with one attached hydrogen (secondary N) is 1. The van der Waals surface area contributed by atoms with Crippen LogP contribution >= 0.6 is 0 Å². The molecule has 3 heterocycles. The van der Waals surface area contributed by atoms with Gasteiger partial charge in [0, 0.05) is 37.3 Å². The summed E-state index contributed by atoms with van der Waals surface area (Å²) in [6.07, 6.45) is 4.87. The number of nitrogens with zero attached hydrogens (tertiary/aromatic N) is 3. The van der Waals surface area contributed by atoms with Gasteiger partial charge in [0.25, 0.3) is 0 Å². The number of hydrogen-bond acceptors (Lipinski definition) is 5. The third kappa shape index (κ3) is 2.09. The molecule has 2 aromatic rings. The molecule has 6 heteroatoms. The van der Waals surface area contributed by atoms with E-state index in [0.717, 1.165) is 29.7 Å². The molecule has 6 nitrogen and oxygen atoms in total. The van der Waals surface area contributed by atoms with E-state index in [1.165, 1.54) is 6.33 Å². The molecule has 2 aromatic heterocycles. The van der Waals surface area contributed by atoms with Crippen LogP contribution in [-0.4, -0.2) is 44.2 Å². The molecule has 1 aliphatic rings. The zero-order chi connectivity index (χ0) is 13.4. The van der Waals surface area contributed by atoms with Crippen molar-refractivity contribution in [1.29, 1.82) is 0 Å². The van der Waals surface area contributed by atoms with Crippen LogP contribution in [0.3, 0.4) is 0 Å². The normalized spacial score (nSPS) is 24.1. The maximum atomic E-state index is 9.88. The van der Waals surface area contributed by atoms with Gasteiger partial charge in [0.2, 0.25) is 0 Å². The Bertz CT molecular complexity index is 608. The topological polar surface area (TPSA) is 91.1 Å². The number of rotatable bonds is 3. The van der Waals surface area contributed by atoms with E-state index in [9.17, 15) is 5.11 Å². The molecule has 0 aliphatic carbocycles. The molecule has 4 N–H and O–H groups in total. The number of nitrogens with two attached hydrogens (primary N) is 1. The van der Waals surface area contributed by atoms with Crippen LogP contribution in [0.5, 0.6) is 0 Å². The lowest BCUT2D eigenvalue weighted by atomic mass is 10.1. The highest BCUT2D eigenvalue weighted by Gasteiger charge is 2.29. The number of hydrogen-bond donors (Lipinski definition) is 3. The number of aromatic nitrogens is 3. The van der Waals surface area contributed by atoms with Crippen LogP contribution in [0.4, 0.5) is 5.82 Å². The fourth-order valence-corrected chi connectivity index (χ4v) is 2.63. The second kappa shape index (κ2) is 4.64. The minimum Gasteiger partial charge on any atom is -0.391 e. The van der Waals surface area contributed by atoms with Crippen LogP contribution in [0.25, 0.3) is 11.0 Å². The number of nitrogen functional groups attached to an aromatic ring is 1. The first-order chi connectivity index (χ1) is 9.19. The minimum atomic E-state index is -0.331. The lowest BCUT2D eigenvalue weighted by Crippen LogP contribution is -2.21. The molecule has 100 valence electrons. The predicted octanol–water partition coefficient (Wildman–Crippen LogP) is 0.519. The van der Waals surface area contributed by atoms with Crippen molar-refractivity contribution in [2.24, 2.45) is 5.92 Å². The van der Waals surface area contributed by atoms with Gasteiger partial charge in [-0.2, -0.15) is 0 Å². The third-order valence-electron chi connectivity index (χ3n) is 3.68. The molecule has 0 spiro atoms. The zero-order valence-electron chi connectivity index (χ0n) is 10.6. The highest BCUT2D eigenvalue weighted by Crippen LogP contribution is 2.24. The van der Waals surface area contributed by atoms with Crippen molar-refractivity contribution in [2.45, 2.75) is 12.6 Å². The van der Waals surface area contributed by atoms with E-state index in [-0.39, 0.29) is 12.0 Å². The highest BCUT2D eigenvalue weighted by molar-refractivity contribution is 5.86. The number of likely N-dealkylation sites (tertiary alicyclic amines) is 1. The van der Waals surface area contributed by atoms with Crippen molar-refractivity contribution in [3.8, 4) is 0 Å². The second-order valence-electron chi connectivity index (χ2n) is 4.96. The maximum Gasteiger partial charge on any atom is 0.151 e. The molecule has 0 bridgehead atoms. The summed E-state index contributed by atoms with van der Waals surface area (Å²) in [5, 5.41) is 9.88. The molecule has 2 atom stereocenters. The minimum absolute atomic E-state index is 0.143. The van der Waals surface area contributed by atoms with Crippen molar-refractivity contribution >= 4 is 16.9 Å². The Morgan fingerprint density at radius 2 is 2.37 bits per heavy atom. The van der Waals surface area contributed by atoms with Gasteiger partial charge in [-0.3, -0.25) is 4.90 Å². The maximum absolute atomic E-state index is 9.88. The van der Waals surface area contributed by atoms with Crippen LogP contribution in [0.2, 0.25) is 0 Å². The summed E-state index contributed by atoms with van der Waals surface area (Å²) in [6, 6.07) is 0. The lowest BCUT2D eigenvalue weighted by molar-refractivity contribution is 0.156. The summed E-state index contributed by atoms with van der Waals surface area (Å²) < 4.78 is 0. The SMILES string of the molecule is C=CC1CN(Cc2c[nH]c3c(N)ncnc23)CC1O. The molecule has 0 saturated carbocycles. The standard InChI is InChI=1S/C13H17N5O/c1-2-8-4-18(6-10(8)19)5-9-3-15-12-11(9)16-7-17-13(12)14/h2-3,7-8,10,15,19H,1,4-6H2,(H2,14,16,17). The third-order valence-corrected chi connectivity index (χ3v) is 3.68. The van der Waals surface area contributed by atoms with Crippen LogP contribution in [-0.2, 0) is 6.54 Å². The first kappa shape index (κ1) is 12.1. The smallest absolute Gasteiger partial charge is 0.151 e. The molecule has 2 unspecified atom stereocenters. The lowest BCUT2D eigenvalue weighted by Gasteiger charge is -2.13. The Labute approximate surface area is 111 Å². The number of aromatic amines is 1. The zero-order valence-corrected chi connectivity index (χ0v) is 10.6. The monoisotopic (exact) mass is 259 g/mol. The Balaban J connectivity index is 1.83. The summed E-state index contributed by atoms with van der Waals surface area (Å²) in [4.78, 5) is 13.5. The van der Waals surface area contributed by atoms with Gasteiger partial charge in [-0.1, -0.05) is 6.08 Å². The van der Waals surface area contributed by atoms with Gasteiger partial charge in [-0.15, -0.1) is 6.58 Å². The van der Waals surface area contributed by atoms with Gasteiger partial charge in [-0.05, 0) is 0 Å². The van der Waals surface area contributed by atoms with Crippen LogP contribution in [0, 0.1) is 5.92 Å². The largest absolute Gasteiger partial charge is 0.391 e. The molecule has 3 rings (SSSR count). The van der Waals surface area contributed by atoms with Gasteiger partial charge >= 0.3 is 0 Å². The van der Waals surface area contributed by atoms with Crippen LogP contribution < -0.4 is 5.73 Å². The van der Waals surface area contributed by atoms with Gasteiger partial charge in [-0.25, -0.2) is 9.97 Å². The Kier molecular flexibility index (Phi) is 2.96. The van der Waals surface area contributed by atoms with E-state index >= 15 is 0 Å². The summed E-state index contributed by atoms with van der Waals surface area (Å²) in [5.41, 5.74) is 8.49. The average molecular weight is 259 g/mol. The number of aliphatic hydroxyl groups is 1. The Hall–Kier alpha value is -1.92. The number of aliphatic hydroxyl groups excluding tert-OH is 1. The molecule has 0 aromatic carbocycles. The van der Waals surface area contributed by atoms with Crippen molar-refractivity contribution in [2.75, 3.05) is 18.8 Å². The van der Waals surface area contributed by atoms with Gasteiger partial charge in [0.15, 0.2) is 5.82 Å². The second-order valence-corrected chi connectivity index (χ2v) is 4.96. The molecule has 1 fully saturated rings. The summed E-state index contributed by atoms with van der Waals surface area (Å²) in [6.45, 7) is 5.96. The van der Waals surface area contributed by atoms with E-state index in [1.807, 2.05) is 12.3 Å². The van der Waals surface area contributed by atoms with Crippen molar-refractivity contribution in [1.82, 2.24) is 19.9 Å². The fourth-order valence-electron chi connectivity index (χ4n) is 2.63. The highest BCUT2D eigenvalue weighted by atomic mass is 16.3. The van der Waals surface area contributed by atoms with Crippen molar-refractivity contribution in [3.63, 3.8) is 0 Å². The molecule has 0 amide bonds. The molecule has 1 aliphatic heterocycles. The first-order valence-corrected chi connectivity index (χ1v) is 6.28. The Morgan fingerprint density at radius 3 is 3.11 bits per heavy atom. The van der Waals surface area contributed by atoms with E-state index in [1.54, 1.807) is 0 Å². The number of anilines is 1. The predicted molar refractivity (Wildman–Crippen MR) is 73.3 cm³/mol. The molecule has 1 saturated heterocycles. The quantitative estimate of drug-likeness (QED) is 0.699. The number of H-pyrrole nitrogens is 1. The molecular formula is C13H17N5O. The van der Waals surface area contributed by atoms with E-state index < -0.39 is 0 Å². The van der Waals surface area contributed by atoms with Gasteiger partial charge in [0.05, 0.1) is 11.6 Å². The van der Waals surface area contributed by atoms with E-state index in [0.29, 0.717) is 12.4 Å².